The maximum atomic E-state index is 12.7. The number of benzene rings is 1. The second-order valence-electron chi connectivity index (χ2n) is 7.17. The molecule has 1 unspecified atom stereocenters. The minimum atomic E-state index is -3.74. The van der Waals surface area contributed by atoms with Crippen molar-refractivity contribution in [2.45, 2.75) is 31.7 Å². The molecular weight excluding hydrogens is 382 g/mol. The summed E-state index contributed by atoms with van der Waals surface area (Å²) in [6.45, 7) is 10.8. The first-order valence-electron chi connectivity index (χ1n) is 9.65. The SMILES string of the molecule is CCN(CC)S(=O)(=O)c1ccc(NC(C)CN2CCN(C)CC2)c([N+](=O)[O-])c1. The molecule has 0 saturated carbocycles. The van der Waals surface area contributed by atoms with Crippen LogP contribution in [-0.2, 0) is 10.0 Å². The lowest BCUT2D eigenvalue weighted by atomic mass is 10.2. The quantitative estimate of drug-likeness (QED) is 0.486. The van der Waals surface area contributed by atoms with E-state index in [0.717, 1.165) is 38.8 Å². The molecule has 10 heteroatoms. The van der Waals surface area contributed by atoms with Crippen molar-refractivity contribution in [3.63, 3.8) is 0 Å². The van der Waals surface area contributed by atoms with Gasteiger partial charge in [-0.2, -0.15) is 4.31 Å². The second-order valence-corrected chi connectivity index (χ2v) is 9.11. The van der Waals surface area contributed by atoms with Gasteiger partial charge in [0.1, 0.15) is 5.69 Å². The van der Waals surface area contributed by atoms with Crippen LogP contribution >= 0.6 is 0 Å². The standard InChI is InChI=1S/C18H31N5O4S/c1-5-22(6-2)28(26,27)16-7-8-17(18(13-16)23(24)25)19-15(3)14-21-11-9-20(4)10-12-21/h7-8,13,15,19H,5-6,9-12,14H2,1-4H3. The summed E-state index contributed by atoms with van der Waals surface area (Å²) in [5.74, 6) is 0. The van der Waals surface area contributed by atoms with Gasteiger partial charge in [0, 0.05) is 57.9 Å². The van der Waals surface area contributed by atoms with Crippen molar-refractivity contribution in [1.29, 1.82) is 0 Å². The van der Waals surface area contributed by atoms with Crippen molar-refractivity contribution >= 4 is 21.4 Å². The van der Waals surface area contributed by atoms with Gasteiger partial charge in [-0.3, -0.25) is 15.0 Å². The fourth-order valence-electron chi connectivity index (χ4n) is 3.39. The smallest absolute Gasteiger partial charge is 0.293 e. The third kappa shape index (κ3) is 5.40. The molecule has 158 valence electrons. The molecule has 1 fully saturated rings. The van der Waals surface area contributed by atoms with E-state index in [9.17, 15) is 18.5 Å². The summed E-state index contributed by atoms with van der Waals surface area (Å²) >= 11 is 0. The van der Waals surface area contributed by atoms with Crippen LogP contribution in [0.4, 0.5) is 11.4 Å². The molecule has 28 heavy (non-hydrogen) atoms. The van der Waals surface area contributed by atoms with E-state index in [1.54, 1.807) is 13.8 Å². The Kier molecular flexibility index (Phi) is 7.76. The minimum absolute atomic E-state index is 0.00709. The van der Waals surface area contributed by atoms with Gasteiger partial charge < -0.3 is 10.2 Å². The fourth-order valence-corrected chi connectivity index (χ4v) is 4.87. The molecule has 0 spiro atoms. The Morgan fingerprint density at radius 3 is 2.36 bits per heavy atom. The molecule has 1 aliphatic rings. The average molecular weight is 414 g/mol. The number of rotatable bonds is 9. The molecule has 9 nitrogen and oxygen atoms in total. The van der Waals surface area contributed by atoms with E-state index in [-0.39, 0.29) is 16.6 Å². The normalized spacial score (nSPS) is 17.6. The number of piperazine rings is 1. The van der Waals surface area contributed by atoms with E-state index in [4.69, 9.17) is 0 Å². The third-order valence-electron chi connectivity index (χ3n) is 5.04. The van der Waals surface area contributed by atoms with Gasteiger partial charge in [0.2, 0.25) is 10.0 Å². The first-order valence-corrected chi connectivity index (χ1v) is 11.1. The van der Waals surface area contributed by atoms with Crippen LogP contribution in [0.3, 0.4) is 0 Å². The molecule has 1 heterocycles. The Hall–Kier alpha value is -1.75. The van der Waals surface area contributed by atoms with Gasteiger partial charge in [-0.05, 0) is 26.1 Å². The van der Waals surface area contributed by atoms with E-state index >= 15 is 0 Å². The third-order valence-corrected chi connectivity index (χ3v) is 7.08. The van der Waals surface area contributed by atoms with Crippen LogP contribution in [-0.4, -0.2) is 86.3 Å². The monoisotopic (exact) mass is 413 g/mol. The first-order chi connectivity index (χ1) is 13.2. The molecule has 1 aromatic carbocycles. The van der Waals surface area contributed by atoms with Gasteiger partial charge in [-0.15, -0.1) is 0 Å². The zero-order valence-corrected chi connectivity index (χ0v) is 17.9. The van der Waals surface area contributed by atoms with Crippen molar-refractivity contribution in [1.82, 2.24) is 14.1 Å². The van der Waals surface area contributed by atoms with Crippen molar-refractivity contribution < 1.29 is 13.3 Å². The Labute approximate surface area is 167 Å². The van der Waals surface area contributed by atoms with Crippen LogP contribution in [0.2, 0.25) is 0 Å². The van der Waals surface area contributed by atoms with E-state index < -0.39 is 14.9 Å². The maximum absolute atomic E-state index is 12.7. The molecule has 1 aliphatic heterocycles. The predicted molar refractivity (Wildman–Crippen MR) is 110 cm³/mol. The molecule has 0 amide bonds. The summed E-state index contributed by atoms with van der Waals surface area (Å²) in [4.78, 5) is 15.6. The molecule has 1 N–H and O–H groups in total. The largest absolute Gasteiger partial charge is 0.376 e. The molecule has 0 bridgehead atoms. The van der Waals surface area contributed by atoms with Crippen LogP contribution < -0.4 is 5.32 Å². The van der Waals surface area contributed by atoms with Crippen molar-refractivity contribution in [2.24, 2.45) is 0 Å². The lowest BCUT2D eigenvalue weighted by Gasteiger charge is -2.34. The van der Waals surface area contributed by atoms with E-state index in [1.807, 2.05) is 6.92 Å². The highest BCUT2D eigenvalue weighted by Crippen LogP contribution is 2.29. The number of anilines is 1. The van der Waals surface area contributed by atoms with E-state index in [0.29, 0.717) is 18.8 Å². The first kappa shape index (κ1) is 22.5. The molecule has 1 atom stereocenters. The van der Waals surface area contributed by atoms with Crippen LogP contribution in [0.5, 0.6) is 0 Å². The van der Waals surface area contributed by atoms with Gasteiger partial charge in [0.05, 0.1) is 9.82 Å². The summed E-state index contributed by atoms with van der Waals surface area (Å²) in [5, 5.41) is 14.7. The van der Waals surface area contributed by atoms with Crippen LogP contribution in [0.15, 0.2) is 23.1 Å². The summed E-state index contributed by atoms with van der Waals surface area (Å²) in [5.41, 5.74) is 0.114. The number of likely N-dealkylation sites (N-methyl/N-ethyl adjacent to an activating group) is 1. The van der Waals surface area contributed by atoms with Gasteiger partial charge in [-0.1, -0.05) is 13.8 Å². The van der Waals surface area contributed by atoms with Gasteiger partial charge >= 0.3 is 0 Å². The minimum Gasteiger partial charge on any atom is -0.376 e. The number of nitrogens with zero attached hydrogens (tertiary/aromatic N) is 4. The Morgan fingerprint density at radius 1 is 1.21 bits per heavy atom. The van der Waals surface area contributed by atoms with Crippen molar-refractivity contribution in [3.8, 4) is 0 Å². The zero-order chi connectivity index (χ0) is 20.9. The average Bonchev–Trinajstić information content (AvgIpc) is 2.64. The van der Waals surface area contributed by atoms with Crippen molar-refractivity contribution in [3.05, 3.63) is 28.3 Å². The Balaban J connectivity index is 2.17. The van der Waals surface area contributed by atoms with Gasteiger partial charge in [0.25, 0.3) is 5.69 Å². The number of nitrogens with one attached hydrogen (secondary N) is 1. The zero-order valence-electron chi connectivity index (χ0n) is 17.1. The second kappa shape index (κ2) is 9.64. The van der Waals surface area contributed by atoms with Gasteiger partial charge in [0.15, 0.2) is 0 Å². The number of hydrogen-bond donors (Lipinski definition) is 1. The molecule has 1 aromatic rings. The highest BCUT2D eigenvalue weighted by molar-refractivity contribution is 7.89. The summed E-state index contributed by atoms with van der Waals surface area (Å²) in [6.07, 6.45) is 0. The molecule has 0 aromatic heterocycles. The molecule has 2 rings (SSSR count). The van der Waals surface area contributed by atoms with Gasteiger partial charge in [-0.25, -0.2) is 8.42 Å². The maximum Gasteiger partial charge on any atom is 0.293 e. The highest BCUT2D eigenvalue weighted by Gasteiger charge is 2.26. The van der Waals surface area contributed by atoms with Crippen LogP contribution in [0.25, 0.3) is 0 Å². The molecular formula is C18H31N5O4S. The number of nitro benzene ring substituents is 1. The number of hydrogen-bond acceptors (Lipinski definition) is 7. The molecule has 0 radical (unpaired) electrons. The summed E-state index contributed by atoms with van der Waals surface area (Å²) in [7, 11) is -1.65. The topological polar surface area (TPSA) is 99.0 Å². The van der Waals surface area contributed by atoms with Crippen molar-refractivity contribution in [2.75, 3.05) is 58.2 Å². The summed E-state index contributed by atoms with van der Waals surface area (Å²) < 4.78 is 26.6. The van der Waals surface area contributed by atoms with E-state index in [2.05, 4.69) is 22.2 Å². The van der Waals surface area contributed by atoms with Crippen LogP contribution in [0, 0.1) is 10.1 Å². The number of sulfonamides is 1. The van der Waals surface area contributed by atoms with E-state index in [1.165, 1.54) is 16.4 Å². The molecule has 0 aliphatic carbocycles. The fraction of sp³-hybridized carbons (Fsp3) is 0.667. The lowest BCUT2D eigenvalue weighted by molar-refractivity contribution is -0.384. The predicted octanol–water partition coefficient (Wildman–Crippen LogP) is 1.67. The highest BCUT2D eigenvalue weighted by atomic mass is 32.2. The number of nitro groups is 1. The lowest BCUT2D eigenvalue weighted by Crippen LogP contribution is -2.47. The Morgan fingerprint density at radius 2 is 1.82 bits per heavy atom. The van der Waals surface area contributed by atoms with Crippen LogP contribution in [0.1, 0.15) is 20.8 Å². The summed E-state index contributed by atoms with van der Waals surface area (Å²) in [6, 6.07) is 4.08. The Bertz CT molecular complexity index is 774. The molecule has 1 saturated heterocycles.